The molecule has 0 radical (unpaired) electrons. The Hall–Kier alpha value is -1.32. The first-order valence-corrected chi connectivity index (χ1v) is 10.4. The number of aliphatic imine (C=N–C) groups is 1. The van der Waals surface area contributed by atoms with Gasteiger partial charge in [0.05, 0.1) is 6.61 Å². The molecule has 29 heavy (non-hydrogen) atoms. The molecular weight excluding hydrogens is 479 g/mol. The maximum absolute atomic E-state index is 5.99. The van der Waals surface area contributed by atoms with Gasteiger partial charge in [0.2, 0.25) is 0 Å². The van der Waals surface area contributed by atoms with Crippen molar-refractivity contribution in [1.82, 2.24) is 15.5 Å². The fraction of sp³-hybridized carbons (Fsp3) is 0.591. The highest BCUT2D eigenvalue weighted by molar-refractivity contribution is 14.0. The molecule has 0 saturated carbocycles. The van der Waals surface area contributed by atoms with Gasteiger partial charge in [0, 0.05) is 37.7 Å². The van der Waals surface area contributed by atoms with Crippen LogP contribution in [0.4, 0.5) is 0 Å². The predicted octanol–water partition coefficient (Wildman–Crippen LogP) is 3.77. The van der Waals surface area contributed by atoms with Crippen LogP contribution in [0.15, 0.2) is 33.7 Å². The van der Waals surface area contributed by atoms with E-state index in [9.17, 15) is 0 Å². The van der Waals surface area contributed by atoms with Gasteiger partial charge in [-0.05, 0) is 51.8 Å². The Morgan fingerprint density at radius 2 is 2.00 bits per heavy atom. The van der Waals surface area contributed by atoms with Crippen LogP contribution in [0.3, 0.4) is 0 Å². The van der Waals surface area contributed by atoms with Gasteiger partial charge in [0.15, 0.2) is 5.96 Å². The molecule has 0 aliphatic carbocycles. The Bertz CT molecular complexity index is 769. The highest BCUT2D eigenvalue weighted by atomic mass is 127. The number of benzene rings is 1. The maximum Gasteiger partial charge on any atom is 0.191 e. The van der Waals surface area contributed by atoms with E-state index in [2.05, 4.69) is 35.4 Å². The zero-order valence-electron chi connectivity index (χ0n) is 17.9. The second kappa shape index (κ2) is 12.4. The molecule has 1 fully saturated rings. The Morgan fingerprint density at radius 3 is 2.69 bits per heavy atom. The van der Waals surface area contributed by atoms with E-state index in [0.717, 1.165) is 56.6 Å². The van der Waals surface area contributed by atoms with E-state index in [1.54, 1.807) is 7.11 Å². The van der Waals surface area contributed by atoms with Crippen LogP contribution < -0.4 is 10.6 Å². The molecule has 162 valence electrons. The van der Waals surface area contributed by atoms with Gasteiger partial charge in [-0.15, -0.1) is 24.0 Å². The molecule has 0 amide bonds. The number of nitrogens with zero attached hydrogens (tertiary/aromatic N) is 2. The Balaban J connectivity index is 0.00000300. The smallest absolute Gasteiger partial charge is 0.191 e. The molecule has 0 spiro atoms. The lowest BCUT2D eigenvalue weighted by atomic mass is 9.97. The molecule has 0 unspecified atom stereocenters. The van der Waals surface area contributed by atoms with Gasteiger partial charge in [-0.1, -0.05) is 18.2 Å². The summed E-state index contributed by atoms with van der Waals surface area (Å²) in [6.07, 6.45) is 2.44. The van der Waals surface area contributed by atoms with Crippen molar-refractivity contribution in [2.45, 2.75) is 33.2 Å². The van der Waals surface area contributed by atoms with Crippen LogP contribution in [0.5, 0.6) is 0 Å². The van der Waals surface area contributed by atoms with Crippen LogP contribution in [0.1, 0.15) is 31.1 Å². The number of guanidine groups is 1. The summed E-state index contributed by atoms with van der Waals surface area (Å²) < 4.78 is 11.2. The number of piperidine rings is 1. The SMILES string of the molecule is CCNC(=NCc1oc2ccccc2c1C)NCC1CCN(CCOC)CC1.I. The summed E-state index contributed by atoms with van der Waals surface area (Å²) in [4.78, 5) is 7.24. The van der Waals surface area contributed by atoms with Gasteiger partial charge in [-0.3, -0.25) is 0 Å². The molecule has 0 bridgehead atoms. The van der Waals surface area contributed by atoms with Crippen LogP contribution in [0, 0.1) is 12.8 Å². The second-order valence-electron chi connectivity index (χ2n) is 7.50. The second-order valence-corrected chi connectivity index (χ2v) is 7.50. The molecule has 2 aromatic rings. The summed E-state index contributed by atoms with van der Waals surface area (Å²) in [5, 5.41) is 8.05. The van der Waals surface area contributed by atoms with Gasteiger partial charge in [-0.25, -0.2) is 4.99 Å². The first kappa shape index (κ1) is 24.0. The van der Waals surface area contributed by atoms with E-state index in [4.69, 9.17) is 14.1 Å². The first-order chi connectivity index (χ1) is 13.7. The monoisotopic (exact) mass is 514 g/mol. The highest BCUT2D eigenvalue weighted by Gasteiger charge is 2.19. The van der Waals surface area contributed by atoms with Crippen molar-refractivity contribution in [3.63, 3.8) is 0 Å². The third-order valence-corrected chi connectivity index (χ3v) is 5.54. The number of hydrogen-bond donors (Lipinski definition) is 2. The lowest BCUT2D eigenvalue weighted by Gasteiger charge is -2.32. The van der Waals surface area contributed by atoms with Crippen LogP contribution in [-0.2, 0) is 11.3 Å². The number of nitrogens with one attached hydrogen (secondary N) is 2. The van der Waals surface area contributed by atoms with Crippen molar-refractivity contribution >= 4 is 40.9 Å². The molecule has 2 N–H and O–H groups in total. The maximum atomic E-state index is 5.99. The summed E-state index contributed by atoms with van der Waals surface area (Å²) >= 11 is 0. The summed E-state index contributed by atoms with van der Waals surface area (Å²) in [7, 11) is 1.77. The molecule has 1 aliphatic heterocycles. The fourth-order valence-corrected chi connectivity index (χ4v) is 3.74. The Kier molecular flexibility index (Phi) is 10.2. The minimum absolute atomic E-state index is 0. The van der Waals surface area contributed by atoms with Gasteiger partial charge >= 0.3 is 0 Å². The summed E-state index contributed by atoms with van der Waals surface area (Å²) in [5.41, 5.74) is 2.11. The minimum Gasteiger partial charge on any atom is -0.459 e. The Labute approximate surface area is 191 Å². The number of furan rings is 1. The van der Waals surface area contributed by atoms with E-state index in [0.29, 0.717) is 12.5 Å². The van der Waals surface area contributed by atoms with Crippen LogP contribution >= 0.6 is 24.0 Å². The standard InChI is InChI=1S/C22H34N4O2.HI/c1-4-23-22(24-15-18-9-11-26(12-10-18)13-14-27-3)25-16-21-17(2)19-7-5-6-8-20(19)28-21;/h5-8,18H,4,9-16H2,1-3H3,(H2,23,24,25);1H. The normalized spacial score (nSPS) is 16.0. The predicted molar refractivity (Wildman–Crippen MR) is 130 cm³/mol. The molecule has 1 aliphatic rings. The number of rotatable bonds is 8. The molecule has 3 rings (SSSR count). The molecule has 1 saturated heterocycles. The topological polar surface area (TPSA) is 62.0 Å². The summed E-state index contributed by atoms with van der Waals surface area (Å²) in [5.74, 6) is 2.49. The van der Waals surface area contributed by atoms with E-state index >= 15 is 0 Å². The van der Waals surface area contributed by atoms with Crippen molar-refractivity contribution in [2.75, 3.05) is 46.4 Å². The van der Waals surface area contributed by atoms with Gasteiger partial charge < -0.3 is 24.7 Å². The number of aryl methyl sites for hydroxylation is 1. The highest BCUT2D eigenvalue weighted by Crippen LogP contribution is 2.25. The average molecular weight is 514 g/mol. The van der Waals surface area contributed by atoms with Gasteiger partial charge in [0.25, 0.3) is 0 Å². The van der Waals surface area contributed by atoms with Crippen molar-refractivity contribution in [3.8, 4) is 0 Å². The number of fused-ring (bicyclic) bond motifs is 1. The summed E-state index contributed by atoms with van der Waals surface area (Å²) in [6.45, 7) is 10.7. The molecule has 2 heterocycles. The molecule has 0 atom stereocenters. The molecule has 7 heteroatoms. The quantitative estimate of drug-likeness (QED) is 0.319. The van der Waals surface area contributed by atoms with Crippen LogP contribution in [-0.4, -0.2) is 57.3 Å². The number of methoxy groups -OCH3 is 1. The van der Waals surface area contributed by atoms with E-state index < -0.39 is 0 Å². The van der Waals surface area contributed by atoms with Gasteiger partial charge in [-0.2, -0.15) is 0 Å². The number of hydrogen-bond acceptors (Lipinski definition) is 4. The molecule has 1 aromatic heterocycles. The van der Waals surface area contributed by atoms with E-state index in [1.807, 2.05) is 18.2 Å². The van der Waals surface area contributed by atoms with Crippen molar-refractivity contribution in [3.05, 3.63) is 35.6 Å². The zero-order valence-corrected chi connectivity index (χ0v) is 20.2. The summed E-state index contributed by atoms with van der Waals surface area (Å²) in [6, 6.07) is 8.16. The fourth-order valence-electron chi connectivity index (χ4n) is 3.74. The molecular formula is C22H35IN4O2. The van der Waals surface area contributed by atoms with Crippen molar-refractivity contribution in [2.24, 2.45) is 10.9 Å². The number of halogens is 1. The number of para-hydroxylation sites is 1. The van der Waals surface area contributed by atoms with E-state index in [-0.39, 0.29) is 24.0 Å². The van der Waals surface area contributed by atoms with E-state index in [1.165, 1.54) is 23.8 Å². The Morgan fingerprint density at radius 1 is 1.24 bits per heavy atom. The lowest BCUT2D eigenvalue weighted by molar-refractivity contribution is 0.121. The third-order valence-electron chi connectivity index (χ3n) is 5.54. The average Bonchev–Trinajstić information content (AvgIpc) is 3.05. The van der Waals surface area contributed by atoms with Crippen LogP contribution in [0.2, 0.25) is 0 Å². The number of ether oxygens (including phenoxy) is 1. The minimum atomic E-state index is 0. The molecule has 1 aromatic carbocycles. The zero-order chi connectivity index (χ0) is 19.8. The number of likely N-dealkylation sites (tertiary alicyclic amines) is 1. The first-order valence-electron chi connectivity index (χ1n) is 10.4. The van der Waals surface area contributed by atoms with Crippen molar-refractivity contribution < 1.29 is 9.15 Å². The van der Waals surface area contributed by atoms with Gasteiger partial charge in [0.1, 0.15) is 17.9 Å². The molecule has 6 nitrogen and oxygen atoms in total. The lowest BCUT2D eigenvalue weighted by Crippen LogP contribution is -2.43. The van der Waals surface area contributed by atoms with Crippen LogP contribution in [0.25, 0.3) is 11.0 Å². The van der Waals surface area contributed by atoms with Crippen molar-refractivity contribution in [1.29, 1.82) is 0 Å². The largest absolute Gasteiger partial charge is 0.459 e. The third kappa shape index (κ3) is 6.86.